The van der Waals surface area contributed by atoms with Crippen LogP contribution >= 0.6 is 0 Å². The minimum absolute atomic E-state index is 0.0150. The molecule has 0 spiro atoms. The number of rotatable bonds is 5. The van der Waals surface area contributed by atoms with Crippen LogP contribution in [0.4, 0.5) is 4.79 Å². The van der Waals surface area contributed by atoms with Gasteiger partial charge in [-0.3, -0.25) is 0 Å². The number of carbonyl (C=O) groups excluding carboxylic acids is 1. The van der Waals surface area contributed by atoms with Crippen molar-refractivity contribution in [1.82, 2.24) is 10.2 Å². The second-order valence-electron chi connectivity index (χ2n) is 4.60. The van der Waals surface area contributed by atoms with Crippen molar-refractivity contribution in [2.75, 3.05) is 13.2 Å². The van der Waals surface area contributed by atoms with E-state index in [4.69, 9.17) is 16.6 Å². The van der Waals surface area contributed by atoms with Crippen LogP contribution in [0.3, 0.4) is 0 Å². The zero-order chi connectivity index (χ0) is 14.3. The number of hydrogen-bond acceptors (Lipinski definition) is 3. The summed E-state index contributed by atoms with van der Waals surface area (Å²) in [5.74, 6) is 1.10. The van der Waals surface area contributed by atoms with Gasteiger partial charge in [-0.05, 0) is 25.7 Å². The molecule has 1 rings (SSSR count). The number of aliphatic hydroxyl groups excluding tert-OH is 1. The number of nitrogens with one attached hydrogen (secondary N) is 1. The van der Waals surface area contributed by atoms with Crippen molar-refractivity contribution in [1.29, 1.82) is 0 Å². The summed E-state index contributed by atoms with van der Waals surface area (Å²) in [5, 5.41) is 20.4. The maximum absolute atomic E-state index is 12.1. The number of nitrogens with zero attached hydrogens (tertiary/aromatic N) is 1. The van der Waals surface area contributed by atoms with Gasteiger partial charge in [-0.1, -0.05) is 0 Å². The Bertz CT molecular complexity index is 362. The van der Waals surface area contributed by atoms with Crippen LogP contribution in [-0.2, 0) is 4.79 Å². The molecule has 2 unspecified atom stereocenters. The highest BCUT2D eigenvalue weighted by atomic mass is 16.4. The van der Waals surface area contributed by atoms with Gasteiger partial charge in [0.15, 0.2) is 0 Å². The molecule has 106 valence electrons. The largest absolute Gasteiger partial charge is 0.480 e. The quantitative estimate of drug-likeness (QED) is 0.630. The summed E-state index contributed by atoms with van der Waals surface area (Å²) in [6.07, 6.45) is 8.30. The molecule has 19 heavy (non-hydrogen) atoms. The minimum atomic E-state index is -1.14. The number of piperidine rings is 1. The molecule has 1 saturated heterocycles. The summed E-state index contributed by atoms with van der Waals surface area (Å²) in [6.45, 7) is 0.597. The lowest BCUT2D eigenvalue weighted by Gasteiger charge is -2.36. The Morgan fingerprint density at radius 3 is 2.79 bits per heavy atom. The second-order valence-corrected chi connectivity index (χ2v) is 4.60. The molecule has 0 aromatic carbocycles. The first kappa shape index (κ1) is 15.3. The summed E-state index contributed by atoms with van der Waals surface area (Å²) in [6, 6.07) is -1.51. The number of likely N-dealkylation sites (tertiary alicyclic amines) is 1. The maximum Gasteiger partial charge on any atom is 0.327 e. The van der Waals surface area contributed by atoms with Gasteiger partial charge in [0, 0.05) is 25.6 Å². The van der Waals surface area contributed by atoms with Crippen LogP contribution in [0.5, 0.6) is 0 Å². The van der Waals surface area contributed by atoms with Crippen LogP contribution in [0.15, 0.2) is 0 Å². The van der Waals surface area contributed by atoms with E-state index >= 15 is 0 Å². The van der Waals surface area contributed by atoms with Crippen molar-refractivity contribution in [2.24, 2.45) is 0 Å². The highest BCUT2D eigenvalue weighted by molar-refractivity contribution is 5.83. The zero-order valence-electron chi connectivity index (χ0n) is 10.8. The first-order chi connectivity index (χ1) is 9.10. The Hall–Kier alpha value is -1.74. The number of aliphatic hydroxyl groups is 1. The van der Waals surface area contributed by atoms with Crippen molar-refractivity contribution in [3.05, 3.63) is 0 Å². The van der Waals surface area contributed by atoms with Gasteiger partial charge in [0.05, 0.1) is 0 Å². The monoisotopic (exact) mass is 268 g/mol. The molecule has 0 aliphatic carbocycles. The molecule has 2 atom stereocenters. The first-order valence-electron chi connectivity index (χ1n) is 6.44. The van der Waals surface area contributed by atoms with Crippen LogP contribution < -0.4 is 5.32 Å². The van der Waals surface area contributed by atoms with Crippen LogP contribution in [0.2, 0.25) is 0 Å². The molecule has 1 heterocycles. The molecular formula is C13H20N2O4. The number of carboxylic acid groups (broad SMARTS) is 1. The fourth-order valence-electron chi connectivity index (χ4n) is 2.27. The van der Waals surface area contributed by atoms with Crippen LogP contribution in [0.1, 0.15) is 32.1 Å². The molecule has 1 aliphatic rings. The fraction of sp³-hybridized carbons (Fsp3) is 0.692. The highest BCUT2D eigenvalue weighted by Crippen LogP contribution is 2.19. The summed E-state index contributed by atoms with van der Waals surface area (Å²) in [5.41, 5.74) is 0. The molecule has 0 aromatic rings. The van der Waals surface area contributed by atoms with E-state index in [0.717, 1.165) is 19.3 Å². The lowest BCUT2D eigenvalue weighted by molar-refractivity contribution is -0.139. The number of amides is 2. The van der Waals surface area contributed by atoms with Crippen LogP contribution in [0.25, 0.3) is 0 Å². The molecule has 1 aliphatic heterocycles. The third-order valence-corrected chi connectivity index (χ3v) is 3.27. The molecular weight excluding hydrogens is 248 g/mol. The van der Waals surface area contributed by atoms with Crippen molar-refractivity contribution in [3.8, 4) is 12.3 Å². The number of carbonyl (C=O) groups is 2. The van der Waals surface area contributed by atoms with Gasteiger partial charge in [-0.15, -0.1) is 12.3 Å². The fourth-order valence-corrected chi connectivity index (χ4v) is 2.27. The third kappa shape index (κ3) is 4.45. The zero-order valence-corrected chi connectivity index (χ0v) is 10.8. The number of terminal acetylenes is 1. The molecule has 0 radical (unpaired) electrons. The van der Waals surface area contributed by atoms with E-state index in [2.05, 4.69) is 11.2 Å². The van der Waals surface area contributed by atoms with Crippen molar-refractivity contribution in [2.45, 2.75) is 44.2 Å². The van der Waals surface area contributed by atoms with Crippen molar-refractivity contribution >= 4 is 12.0 Å². The summed E-state index contributed by atoms with van der Waals surface area (Å²) in [4.78, 5) is 24.6. The number of carboxylic acids is 1. The number of aliphatic carboxylic acids is 1. The SMILES string of the molecule is C#CCC(NC(=O)N1CCCCC1CCO)C(=O)O. The van der Waals surface area contributed by atoms with E-state index in [1.807, 2.05) is 0 Å². The average Bonchev–Trinajstić information content (AvgIpc) is 2.39. The predicted octanol–water partition coefficient (Wildman–Crippen LogP) is 0.409. The van der Waals surface area contributed by atoms with Gasteiger partial charge in [0.1, 0.15) is 6.04 Å². The molecule has 0 aromatic heterocycles. The standard InChI is InChI=1S/C13H20N2O4/c1-2-5-11(12(17)18)14-13(19)15-8-4-3-6-10(15)7-9-16/h1,10-11,16H,3-9H2,(H,14,19)(H,17,18). The Balaban J connectivity index is 2.63. The molecule has 2 amide bonds. The third-order valence-electron chi connectivity index (χ3n) is 3.27. The molecule has 1 fully saturated rings. The van der Waals surface area contributed by atoms with Crippen molar-refractivity contribution in [3.63, 3.8) is 0 Å². The Morgan fingerprint density at radius 2 is 2.21 bits per heavy atom. The molecule has 6 heteroatoms. The summed E-state index contributed by atoms with van der Waals surface area (Å²) >= 11 is 0. The Morgan fingerprint density at radius 1 is 1.47 bits per heavy atom. The summed E-state index contributed by atoms with van der Waals surface area (Å²) < 4.78 is 0. The predicted molar refractivity (Wildman–Crippen MR) is 69.5 cm³/mol. The van der Waals surface area contributed by atoms with E-state index < -0.39 is 18.0 Å². The Labute approximate surface area is 112 Å². The maximum atomic E-state index is 12.1. The lowest BCUT2D eigenvalue weighted by Crippen LogP contribution is -2.53. The normalized spacial score (nSPS) is 20.4. The van der Waals surface area contributed by atoms with E-state index in [9.17, 15) is 9.59 Å². The molecule has 6 nitrogen and oxygen atoms in total. The van der Waals surface area contributed by atoms with Crippen molar-refractivity contribution < 1.29 is 19.8 Å². The van der Waals surface area contributed by atoms with Gasteiger partial charge in [0.2, 0.25) is 0 Å². The van der Waals surface area contributed by atoms with E-state index in [0.29, 0.717) is 13.0 Å². The first-order valence-corrected chi connectivity index (χ1v) is 6.44. The van der Waals surface area contributed by atoms with Gasteiger partial charge in [-0.2, -0.15) is 0 Å². The topological polar surface area (TPSA) is 89.9 Å². The van der Waals surface area contributed by atoms with Gasteiger partial charge in [-0.25, -0.2) is 9.59 Å². The lowest BCUT2D eigenvalue weighted by atomic mass is 10.00. The molecule has 0 saturated carbocycles. The molecule has 3 N–H and O–H groups in total. The van der Waals surface area contributed by atoms with E-state index in [1.165, 1.54) is 0 Å². The molecule has 0 bridgehead atoms. The second kappa shape index (κ2) is 7.64. The van der Waals surface area contributed by atoms with E-state index in [-0.39, 0.29) is 19.1 Å². The minimum Gasteiger partial charge on any atom is -0.480 e. The Kier molecular flexibility index (Phi) is 6.16. The summed E-state index contributed by atoms with van der Waals surface area (Å²) in [7, 11) is 0. The smallest absolute Gasteiger partial charge is 0.327 e. The van der Waals surface area contributed by atoms with Gasteiger partial charge < -0.3 is 20.4 Å². The number of urea groups is 1. The van der Waals surface area contributed by atoms with Crippen LogP contribution in [-0.4, -0.2) is 52.3 Å². The van der Waals surface area contributed by atoms with Crippen LogP contribution in [0, 0.1) is 12.3 Å². The number of hydrogen-bond donors (Lipinski definition) is 3. The highest BCUT2D eigenvalue weighted by Gasteiger charge is 2.29. The van der Waals surface area contributed by atoms with Gasteiger partial charge >= 0.3 is 12.0 Å². The average molecular weight is 268 g/mol. The van der Waals surface area contributed by atoms with E-state index in [1.54, 1.807) is 4.90 Å². The van der Waals surface area contributed by atoms with Gasteiger partial charge in [0.25, 0.3) is 0 Å².